The molecule has 2 rings (SSSR count). The first kappa shape index (κ1) is 18.0. The van der Waals surface area contributed by atoms with Crippen LogP contribution < -0.4 is 5.32 Å². The Morgan fingerprint density at radius 2 is 1.74 bits per heavy atom. The Morgan fingerprint density at radius 3 is 2.35 bits per heavy atom. The first-order valence-corrected chi connectivity index (χ1v) is 9.15. The Kier molecular flexibility index (Phi) is 7.10. The third kappa shape index (κ3) is 6.34. The molecule has 1 saturated heterocycles. The van der Waals surface area contributed by atoms with Crippen molar-refractivity contribution >= 4 is 5.91 Å². The molecule has 0 spiro atoms. The minimum Gasteiger partial charge on any atom is -0.352 e. The predicted molar refractivity (Wildman–Crippen MR) is 96.7 cm³/mol. The predicted octanol–water partition coefficient (Wildman–Crippen LogP) is 3.73. The van der Waals surface area contributed by atoms with Crippen LogP contribution in [0.15, 0.2) is 24.3 Å². The summed E-state index contributed by atoms with van der Waals surface area (Å²) < 4.78 is 0. The molecular formula is C20H32N2O. The van der Waals surface area contributed by atoms with Crippen molar-refractivity contribution in [2.24, 2.45) is 0 Å². The van der Waals surface area contributed by atoms with Crippen molar-refractivity contribution in [1.29, 1.82) is 0 Å². The van der Waals surface area contributed by atoms with E-state index in [1.54, 1.807) is 0 Å². The highest BCUT2D eigenvalue weighted by atomic mass is 16.1. The Bertz CT molecular complexity index is 475. The molecule has 1 fully saturated rings. The number of rotatable bonds is 7. The van der Waals surface area contributed by atoms with Gasteiger partial charge in [0.25, 0.3) is 0 Å². The zero-order valence-corrected chi connectivity index (χ0v) is 15.0. The van der Waals surface area contributed by atoms with Crippen LogP contribution >= 0.6 is 0 Å². The standard InChI is InChI=1S/C20H32N2O/c1-16(2)19-10-7-18(8-11-19)9-12-20(23)21-17(3)15-22-13-5-4-6-14-22/h7-8,10-11,16-17H,4-6,9,12-15H2,1-3H3,(H,21,23). The maximum atomic E-state index is 12.1. The van der Waals surface area contributed by atoms with E-state index in [-0.39, 0.29) is 11.9 Å². The number of hydrogen-bond donors (Lipinski definition) is 1. The lowest BCUT2D eigenvalue weighted by atomic mass is 10.0. The first-order chi connectivity index (χ1) is 11.0. The number of nitrogens with one attached hydrogen (secondary N) is 1. The van der Waals surface area contributed by atoms with E-state index in [4.69, 9.17) is 0 Å². The van der Waals surface area contributed by atoms with Crippen molar-refractivity contribution < 1.29 is 4.79 Å². The summed E-state index contributed by atoms with van der Waals surface area (Å²) in [4.78, 5) is 14.6. The van der Waals surface area contributed by atoms with Crippen molar-refractivity contribution in [3.8, 4) is 0 Å². The number of carbonyl (C=O) groups is 1. The Hall–Kier alpha value is -1.35. The topological polar surface area (TPSA) is 32.3 Å². The number of piperidine rings is 1. The van der Waals surface area contributed by atoms with Crippen LogP contribution in [-0.4, -0.2) is 36.5 Å². The maximum absolute atomic E-state index is 12.1. The van der Waals surface area contributed by atoms with Gasteiger partial charge in [-0.3, -0.25) is 4.79 Å². The van der Waals surface area contributed by atoms with E-state index in [1.165, 1.54) is 43.5 Å². The van der Waals surface area contributed by atoms with Crippen LogP contribution in [0.5, 0.6) is 0 Å². The molecule has 1 atom stereocenters. The van der Waals surface area contributed by atoms with Crippen LogP contribution in [0.3, 0.4) is 0 Å². The van der Waals surface area contributed by atoms with Gasteiger partial charge in [0.2, 0.25) is 5.91 Å². The average molecular weight is 316 g/mol. The molecule has 1 N–H and O–H groups in total. The third-order valence-electron chi connectivity index (χ3n) is 4.68. The van der Waals surface area contributed by atoms with E-state index in [2.05, 4.69) is 55.3 Å². The lowest BCUT2D eigenvalue weighted by Gasteiger charge is -2.29. The normalized spacial score (nSPS) is 17.2. The Balaban J connectivity index is 1.69. The molecule has 0 aromatic heterocycles. The number of nitrogens with zero attached hydrogens (tertiary/aromatic N) is 1. The minimum absolute atomic E-state index is 0.169. The summed E-state index contributed by atoms with van der Waals surface area (Å²) in [7, 11) is 0. The van der Waals surface area contributed by atoms with Gasteiger partial charge in [-0.15, -0.1) is 0 Å². The van der Waals surface area contributed by atoms with Gasteiger partial charge in [0.05, 0.1) is 0 Å². The van der Waals surface area contributed by atoms with E-state index in [9.17, 15) is 4.79 Å². The average Bonchev–Trinajstić information content (AvgIpc) is 2.54. The quantitative estimate of drug-likeness (QED) is 0.831. The largest absolute Gasteiger partial charge is 0.352 e. The molecule has 1 aromatic carbocycles. The SMILES string of the molecule is CC(CN1CCCCC1)NC(=O)CCc1ccc(C(C)C)cc1. The molecule has 1 aromatic rings. The first-order valence-electron chi connectivity index (χ1n) is 9.15. The molecule has 1 aliphatic heterocycles. The van der Waals surface area contributed by atoms with E-state index < -0.39 is 0 Å². The van der Waals surface area contributed by atoms with Crippen LogP contribution in [0.25, 0.3) is 0 Å². The maximum Gasteiger partial charge on any atom is 0.220 e. The number of aryl methyl sites for hydroxylation is 1. The molecule has 1 unspecified atom stereocenters. The smallest absolute Gasteiger partial charge is 0.220 e. The monoisotopic (exact) mass is 316 g/mol. The van der Waals surface area contributed by atoms with Gasteiger partial charge in [0.15, 0.2) is 0 Å². The van der Waals surface area contributed by atoms with Crippen LogP contribution in [0.4, 0.5) is 0 Å². The minimum atomic E-state index is 0.169. The molecule has 23 heavy (non-hydrogen) atoms. The van der Waals surface area contributed by atoms with Crippen LogP contribution in [-0.2, 0) is 11.2 Å². The summed E-state index contributed by atoms with van der Waals surface area (Å²) in [5.74, 6) is 0.727. The number of hydrogen-bond acceptors (Lipinski definition) is 2. The molecule has 0 aliphatic carbocycles. The third-order valence-corrected chi connectivity index (χ3v) is 4.68. The summed E-state index contributed by atoms with van der Waals surface area (Å²) in [6.07, 6.45) is 5.35. The van der Waals surface area contributed by atoms with E-state index in [1.807, 2.05) is 0 Å². The highest BCUT2D eigenvalue weighted by Crippen LogP contribution is 2.15. The summed E-state index contributed by atoms with van der Waals surface area (Å²) in [5.41, 5.74) is 2.60. The molecule has 1 heterocycles. The Morgan fingerprint density at radius 1 is 1.09 bits per heavy atom. The van der Waals surface area contributed by atoms with Gasteiger partial charge >= 0.3 is 0 Å². The second kappa shape index (κ2) is 9.07. The van der Waals surface area contributed by atoms with Gasteiger partial charge in [-0.05, 0) is 56.3 Å². The van der Waals surface area contributed by atoms with Crippen molar-refractivity contribution in [1.82, 2.24) is 10.2 Å². The molecular weight excluding hydrogens is 284 g/mol. The van der Waals surface area contributed by atoms with Gasteiger partial charge in [0, 0.05) is 19.0 Å². The summed E-state index contributed by atoms with van der Waals surface area (Å²) in [5, 5.41) is 3.15. The molecule has 3 nitrogen and oxygen atoms in total. The van der Waals surface area contributed by atoms with Crippen molar-refractivity contribution in [3.05, 3.63) is 35.4 Å². The second-order valence-electron chi connectivity index (χ2n) is 7.23. The second-order valence-corrected chi connectivity index (χ2v) is 7.23. The van der Waals surface area contributed by atoms with Crippen LogP contribution in [0.2, 0.25) is 0 Å². The fourth-order valence-electron chi connectivity index (χ4n) is 3.25. The summed E-state index contributed by atoms with van der Waals surface area (Å²) >= 11 is 0. The summed E-state index contributed by atoms with van der Waals surface area (Å²) in [6, 6.07) is 8.90. The van der Waals surface area contributed by atoms with E-state index in [0.29, 0.717) is 12.3 Å². The molecule has 0 radical (unpaired) electrons. The molecule has 1 amide bonds. The summed E-state index contributed by atoms with van der Waals surface area (Å²) in [6.45, 7) is 9.86. The number of likely N-dealkylation sites (tertiary alicyclic amines) is 1. The molecule has 128 valence electrons. The van der Waals surface area contributed by atoms with E-state index in [0.717, 1.165) is 13.0 Å². The molecule has 0 saturated carbocycles. The fourth-order valence-corrected chi connectivity index (χ4v) is 3.25. The van der Waals surface area contributed by atoms with Gasteiger partial charge in [-0.2, -0.15) is 0 Å². The van der Waals surface area contributed by atoms with Crippen molar-refractivity contribution in [2.45, 2.75) is 64.8 Å². The van der Waals surface area contributed by atoms with Gasteiger partial charge in [-0.25, -0.2) is 0 Å². The van der Waals surface area contributed by atoms with Crippen LogP contribution in [0.1, 0.15) is 63.5 Å². The molecule has 3 heteroatoms. The highest BCUT2D eigenvalue weighted by Gasteiger charge is 2.14. The molecule has 1 aliphatic rings. The van der Waals surface area contributed by atoms with E-state index >= 15 is 0 Å². The Labute approximate surface area is 141 Å². The lowest BCUT2D eigenvalue weighted by Crippen LogP contribution is -2.43. The zero-order chi connectivity index (χ0) is 16.7. The zero-order valence-electron chi connectivity index (χ0n) is 15.0. The highest BCUT2D eigenvalue weighted by molar-refractivity contribution is 5.76. The van der Waals surface area contributed by atoms with Crippen molar-refractivity contribution in [2.75, 3.05) is 19.6 Å². The van der Waals surface area contributed by atoms with Crippen molar-refractivity contribution in [3.63, 3.8) is 0 Å². The van der Waals surface area contributed by atoms with Gasteiger partial charge in [-0.1, -0.05) is 44.5 Å². The number of amides is 1. The number of benzene rings is 1. The van der Waals surface area contributed by atoms with Gasteiger partial charge in [0.1, 0.15) is 0 Å². The lowest BCUT2D eigenvalue weighted by molar-refractivity contribution is -0.121. The fraction of sp³-hybridized carbons (Fsp3) is 0.650. The van der Waals surface area contributed by atoms with Gasteiger partial charge < -0.3 is 10.2 Å². The van der Waals surface area contributed by atoms with Crippen LogP contribution in [0, 0.1) is 0 Å². The molecule has 0 bridgehead atoms. The number of carbonyl (C=O) groups excluding carboxylic acids is 1.